The smallest absolute Gasteiger partial charge is 0.0110 e. The quantitative estimate of drug-likeness (QED) is 0.689. The molecule has 0 saturated carbocycles. The average molecular weight is 227 g/mol. The van der Waals surface area contributed by atoms with E-state index in [0.29, 0.717) is 0 Å². The van der Waals surface area contributed by atoms with Crippen molar-refractivity contribution in [2.45, 2.75) is 32.7 Å². The van der Waals surface area contributed by atoms with Crippen molar-refractivity contribution in [1.29, 1.82) is 0 Å². The van der Waals surface area contributed by atoms with Gasteiger partial charge in [-0.15, -0.1) is 0 Å². The Kier molecular flexibility index (Phi) is 6.32. The van der Waals surface area contributed by atoms with Gasteiger partial charge >= 0.3 is 0 Å². The average Bonchev–Trinajstić information content (AvgIpc) is 2.20. The predicted octanol–water partition coefficient (Wildman–Crippen LogP) is 1.26. The number of rotatable bonds is 6. The first kappa shape index (κ1) is 13.9. The van der Waals surface area contributed by atoms with Crippen molar-refractivity contribution >= 4 is 0 Å². The van der Waals surface area contributed by atoms with E-state index >= 15 is 0 Å². The topological polar surface area (TPSA) is 18.5 Å². The van der Waals surface area contributed by atoms with Gasteiger partial charge in [0.25, 0.3) is 0 Å². The number of likely N-dealkylation sites (tertiary alicyclic amines) is 1. The molecule has 1 rings (SSSR count). The third-order valence-electron chi connectivity index (χ3n) is 3.59. The number of hydrogen-bond donors (Lipinski definition) is 1. The number of nitrogens with zero attached hydrogens (tertiary/aromatic N) is 2. The summed E-state index contributed by atoms with van der Waals surface area (Å²) in [5, 5.41) is 3.51. The first-order chi connectivity index (χ1) is 7.59. The molecule has 96 valence electrons. The highest BCUT2D eigenvalue weighted by molar-refractivity contribution is 4.77. The normalized spacial score (nSPS) is 27.6. The van der Waals surface area contributed by atoms with Gasteiger partial charge in [0.1, 0.15) is 0 Å². The number of nitrogens with one attached hydrogen (secondary N) is 1. The molecule has 0 aromatic rings. The number of likely N-dealkylation sites (N-methyl/N-ethyl adjacent to an activating group) is 1. The number of hydrogen-bond acceptors (Lipinski definition) is 3. The van der Waals surface area contributed by atoms with Gasteiger partial charge in [0.15, 0.2) is 0 Å². The molecule has 1 aliphatic heterocycles. The molecular weight excluding hydrogens is 198 g/mol. The van der Waals surface area contributed by atoms with E-state index < -0.39 is 0 Å². The van der Waals surface area contributed by atoms with E-state index in [1.54, 1.807) is 0 Å². The summed E-state index contributed by atoms with van der Waals surface area (Å²) in [5.74, 6) is 0.924. The van der Waals surface area contributed by atoms with Crippen molar-refractivity contribution in [1.82, 2.24) is 15.1 Å². The van der Waals surface area contributed by atoms with Crippen molar-refractivity contribution in [2.24, 2.45) is 5.92 Å². The second-order valence-electron chi connectivity index (χ2n) is 5.57. The van der Waals surface area contributed by atoms with Crippen LogP contribution in [0.25, 0.3) is 0 Å². The number of piperidine rings is 1. The molecule has 0 aromatic heterocycles. The fraction of sp³-hybridized carbons (Fsp3) is 1.00. The molecule has 16 heavy (non-hydrogen) atoms. The fourth-order valence-corrected chi connectivity index (χ4v) is 2.44. The van der Waals surface area contributed by atoms with Crippen LogP contribution in [0.4, 0.5) is 0 Å². The van der Waals surface area contributed by atoms with E-state index in [1.165, 1.54) is 25.9 Å². The van der Waals surface area contributed by atoms with Crippen LogP contribution in [-0.4, -0.2) is 62.7 Å². The molecule has 1 N–H and O–H groups in total. The lowest BCUT2D eigenvalue weighted by Gasteiger charge is -2.36. The molecule has 2 atom stereocenters. The summed E-state index contributed by atoms with van der Waals surface area (Å²) in [6.07, 6.45) is 2.75. The van der Waals surface area contributed by atoms with Crippen molar-refractivity contribution in [3.8, 4) is 0 Å². The van der Waals surface area contributed by atoms with E-state index in [1.807, 2.05) is 0 Å². The van der Waals surface area contributed by atoms with Gasteiger partial charge in [-0.05, 0) is 46.3 Å². The van der Waals surface area contributed by atoms with Gasteiger partial charge in [0.2, 0.25) is 0 Å². The summed E-state index contributed by atoms with van der Waals surface area (Å²) in [4.78, 5) is 4.85. The minimum atomic E-state index is 0.777. The second kappa shape index (κ2) is 7.25. The highest BCUT2D eigenvalue weighted by atomic mass is 15.2. The molecule has 0 radical (unpaired) electrons. The lowest BCUT2D eigenvalue weighted by molar-refractivity contribution is 0.130. The van der Waals surface area contributed by atoms with Crippen LogP contribution in [-0.2, 0) is 0 Å². The second-order valence-corrected chi connectivity index (χ2v) is 5.57. The summed E-state index contributed by atoms with van der Waals surface area (Å²) in [5.41, 5.74) is 0. The molecule has 2 unspecified atom stereocenters. The maximum absolute atomic E-state index is 3.51. The Balaban J connectivity index is 2.04. The van der Waals surface area contributed by atoms with Crippen molar-refractivity contribution in [3.63, 3.8) is 0 Å². The van der Waals surface area contributed by atoms with Crippen LogP contribution < -0.4 is 5.32 Å². The van der Waals surface area contributed by atoms with Crippen molar-refractivity contribution in [3.05, 3.63) is 0 Å². The minimum absolute atomic E-state index is 0.777. The van der Waals surface area contributed by atoms with Gasteiger partial charge in [-0.2, -0.15) is 0 Å². The molecule has 0 aliphatic carbocycles. The molecule has 3 heteroatoms. The first-order valence-corrected chi connectivity index (χ1v) is 6.69. The van der Waals surface area contributed by atoms with E-state index in [9.17, 15) is 0 Å². The molecule has 1 fully saturated rings. The summed E-state index contributed by atoms with van der Waals surface area (Å²) in [6, 6.07) is 0.777. The first-order valence-electron chi connectivity index (χ1n) is 6.69. The van der Waals surface area contributed by atoms with Gasteiger partial charge in [-0.25, -0.2) is 0 Å². The Morgan fingerprint density at radius 2 is 2.00 bits per heavy atom. The molecular formula is C13H29N3. The van der Waals surface area contributed by atoms with Gasteiger partial charge < -0.3 is 10.2 Å². The SMILES string of the molecule is CC1CCN(CCNCCN(C)C)C(C)C1. The lowest BCUT2D eigenvalue weighted by atomic mass is 9.93. The van der Waals surface area contributed by atoms with Crippen LogP contribution in [0, 0.1) is 5.92 Å². The van der Waals surface area contributed by atoms with Crippen LogP contribution in [0.15, 0.2) is 0 Å². The zero-order valence-corrected chi connectivity index (χ0v) is 11.5. The lowest BCUT2D eigenvalue weighted by Crippen LogP contribution is -2.44. The maximum atomic E-state index is 3.51. The highest BCUT2D eigenvalue weighted by Gasteiger charge is 2.21. The van der Waals surface area contributed by atoms with Crippen LogP contribution in [0.3, 0.4) is 0 Å². The van der Waals surface area contributed by atoms with Crippen LogP contribution in [0.1, 0.15) is 26.7 Å². The van der Waals surface area contributed by atoms with E-state index in [-0.39, 0.29) is 0 Å². The minimum Gasteiger partial charge on any atom is -0.314 e. The molecule has 1 aliphatic rings. The zero-order valence-electron chi connectivity index (χ0n) is 11.5. The van der Waals surface area contributed by atoms with Gasteiger partial charge in [-0.3, -0.25) is 4.90 Å². The summed E-state index contributed by atoms with van der Waals surface area (Å²) < 4.78 is 0. The van der Waals surface area contributed by atoms with Crippen LogP contribution in [0.2, 0.25) is 0 Å². The van der Waals surface area contributed by atoms with E-state index in [0.717, 1.165) is 31.6 Å². The Morgan fingerprint density at radius 3 is 2.62 bits per heavy atom. The zero-order chi connectivity index (χ0) is 12.0. The van der Waals surface area contributed by atoms with Crippen LogP contribution in [0.5, 0.6) is 0 Å². The summed E-state index contributed by atoms with van der Waals surface area (Å²) >= 11 is 0. The summed E-state index contributed by atoms with van der Waals surface area (Å²) in [6.45, 7) is 10.6. The molecule has 0 aromatic carbocycles. The largest absolute Gasteiger partial charge is 0.314 e. The molecule has 1 heterocycles. The van der Waals surface area contributed by atoms with Crippen molar-refractivity contribution in [2.75, 3.05) is 46.8 Å². The monoisotopic (exact) mass is 227 g/mol. The molecule has 0 bridgehead atoms. The Morgan fingerprint density at radius 1 is 1.25 bits per heavy atom. The van der Waals surface area contributed by atoms with E-state index in [4.69, 9.17) is 0 Å². The highest BCUT2D eigenvalue weighted by Crippen LogP contribution is 2.21. The fourth-order valence-electron chi connectivity index (χ4n) is 2.44. The standard InChI is InChI=1S/C13H29N3/c1-12-5-8-16(13(2)11-12)10-7-14-6-9-15(3)4/h12-14H,5-11H2,1-4H3. The van der Waals surface area contributed by atoms with Gasteiger partial charge in [0.05, 0.1) is 0 Å². The maximum Gasteiger partial charge on any atom is 0.0110 e. The Labute approximate surface area is 101 Å². The Bertz CT molecular complexity index is 182. The molecule has 0 amide bonds. The Hall–Kier alpha value is -0.120. The molecule has 1 saturated heterocycles. The van der Waals surface area contributed by atoms with Gasteiger partial charge in [0, 0.05) is 32.2 Å². The third-order valence-corrected chi connectivity index (χ3v) is 3.59. The van der Waals surface area contributed by atoms with Gasteiger partial charge in [-0.1, -0.05) is 6.92 Å². The summed E-state index contributed by atoms with van der Waals surface area (Å²) in [7, 11) is 4.24. The van der Waals surface area contributed by atoms with Crippen LogP contribution >= 0.6 is 0 Å². The molecule has 0 spiro atoms. The predicted molar refractivity (Wildman–Crippen MR) is 70.9 cm³/mol. The van der Waals surface area contributed by atoms with E-state index in [2.05, 4.69) is 43.1 Å². The van der Waals surface area contributed by atoms with Crippen molar-refractivity contribution < 1.29 is 0 Å². The third kappa shape index (κ3) is 5.28. The molecule has 3 nitrogen and oxygen atoms in total.